The van der Waals surface area contributed by atoms with Gasteiger partial charge in [-0.15, -0.1) is 0 Å². The van der Waals surface area contributed by atoms with Gasteiger partial charge in [0.1, 0.15) is 0 Å². The van der Waals surface area contributed by atoms with Gasteiger partial charge in [-0.05, 0) is 0 Å². The Morgan fingerprint density at radius 3 is 1.32 bits per heavy atom. The minimum absolute atomic E-state index is 0.337. The van der Waals surface area contributed by atoms with E-state index in [9.17, 15) is 0 Å². The molecule has 0 N–H and O–H groups in total. The summed E-state index contributed by atoms with van der Waals surface area (Å²) in [6.45, 7) is 19.2. The quantitative estimate of drug-likeness (QED) is 0.374. The van der Waals surface area contributed by atoms with E-state index in [1.54, 1.807) is 11.1 Å². The molecule has 0 aromatic heterocycles. The molecule has 2 atom stereocenters. The summed E-state index contributed by atoms with van der Waals surface area (Å²) in [7, 11) is 0. The van der Waals surface area contributed by atoms with Gasteiger partial charge >= 0.3 is 169 Å². The third-order valence-corrected chi connectivity index (χ3v) is 11.4. The fraction of sp³-hybridized carbons (Fsp3) is 0.667. The van der Waals surface area contributed by atoms with Crippen molar-refractivity contribution in [1.82, 2.24) is 0 Å². The average Bonchev–Trinajstić information content (AvgIpc) is 3.17. The molecule has 0 spiro atoms. The molecule has 0 radical (unpaired) electrons. The first-order chi connectivity index (χ1) is 11.6. The van der Waals surface area contributed by atoms with Crippen LogP contribution in [0.3, 0.4) is 0 Å². The molecular weight excluding hydrogens is 379 g/mol. The minimum atomic E-state index is -0.707. The van der Waals surface area contributed by atoms with Crippen molar-refractivity contribution in [2.75, 3.05) is 0 Å². The topological polar surface area (TPSA) is 0 Å². The van der Waals surface area contributed by atoms with Gasteiger partial charge in [-0.2, -0.15) is 0 Å². The average molecular weight is 418 g/mol. The molecular formula is C24H38Zr. The second-order valence-electron chi connectivity index (χ2n) is 9.09. The van der Waals surface area contributed by atoms with E-state index in [2.05, 4.69) is 91.8 Å². The Morgan fingerprint density at radius 1 is 0.720 bits per heavy atom. The van der Waals surface area contributed by atoms with E-state index in [-0.39, 0.29) is 0 Å². The van der Waals surface area contributed by atoms with Crippen molar-refractivity contribution >= 4 is 0 Å². The van der Waals surface area contributed by atoms with Gasteiger partial charge in [0.05, 0.1) is 0 Å². The van der Waals surface area contributed by atoms with Crippen LogP contribution in [0.15, 0.2) is 47.6 Å². The molecule has 2 unspecified atom stereocenters. The zero-order valence-corrected chi connectivity index (χ0v) is 20.3. The third-order valence-electron chi connectivity index (χ3n) is 7.18. The first kappa shape index (κ1) is 21.1. The summed E-state index contributed by atoms with van der Waals surface area (Å²) in [5, 5.41) is 0. The summed E-state index contributed by atoms with van der Waals surface area (Å²) in [5.74, 6) is 0. The summed E-state index contributed by atoms with van der Waals surface area (Å²) in [6, 6.07) is 0. The summed E-state index contributed by atoms with van der Waals surface area (Å²) < 4.78 is 0.675. The number of allylic oxidation sites excluding steroid dienone is 8. The Kier molecular flexibility index (Phi) is 6.31. The molecule has 0 fully saturated rings. The van der Waals surface area contributed by atoms with E-state index < -0.39 is 23.2 Å². The van der Waals surface area contributed by atoms with Crippen molar-refractivity contribution in [3.05, 3.63) is 47.6 Å². The molecule has 25 heavy (non-hydrogen) atoms. The maximum absolute atomic E-state index is 2.63. The Bertz CT molecular complexity index is 556. The maximum atomic E-state index is 2.63. The Morgan fingerprint density at radius 2 is 1.04 bits per heavy atom. The summed E-state index contributed by atoms with van der Waals surface area (Å²) >= 11 is -0.707. The number of hydrogen-bond donors (Lipinski definition) is 0. The molecule has 0 aromatic rings. The molecule has 1 heteroatoms. The normalized spacial score (nSPS) is 29.1. The first-order valence-corrected chi connectivity index (χ1v) is 12.7. The van der Waals surface area contributed by atoms with Crippen molar-refractivity contribution in [2.45, 2.75) is 87.3 Å². The van der Waals surface area contributed by atoms with E-state index >= 15 is 0 Å². The molecule has 0 heterocycles. The van der Waals surface area contributed by atoms with Crippen molar-refractivity contribution < 1.29 is 23.2 Å². The van der Waals surface area contributed by atoms with Crippen LogP contribution in [-0.4, -0.2) is 0 Å². The van der Waals surface area contributed by atoms with Crippen LogP contribution in [0.25, 0.3) is 0 Å². The molecule has 0 saturated carbocycles. The third kappa shape index (κ3) is 4.23. The molecule has 0 aliphatic heterocycles. The van der Waals surface area contributed by atoms with E-state index in [4.69, 9.17) is 0 Å². The molecule has 0 bridgehead atoms. The van der Waals surface area contributed by atoms with Gasteiger partial charge in [0.2, 0.25) is 0 Å². The summed E-state index contributed by atoms with van der Waals surface area (Å²) in [6.07, 6.45) is 20.1. The second-order valence-corrected chi connectivity index (χ2v) is 15.0. The van der Waals surface area contributed by atoms with Gasteiger partial charge in [0.25, 0.3) is 0 Å². The van der Waals surface area contributed by atoms with Gasteiger partial charge in [-0.25, -0.2) is 0 Å². The molecule has 0 saturated heterocycles. The zero-order chi connectivity index (χ0) is 18.9. The SMILES string of the molecule is CCC(C)(CC)C1=C[C](C)([Zr][C]2(C)C=CC(C(C)(CC)CC)=C2)C=C1. The fourth-order valence-corrected chi connectivity index (χ4v) is 8.96. The van der Waals surface area contributed by atoms with Crippen LogP contribution in [-0.2, 0) is 23.2 Å². The van der Waals surface area contributed by atoms with E-state index in [0.29, 0.717) is 17.1 Å². The molecule has 2 rings (SSSR count). The van der Waals surface area contributed by atoms with Gasteiger partial charge in [-0.3, -0.25) is 0 Å². The number of rotatable bonds is 8. The van der Waals surface area contributed by atoms with Crippen LogP contribution in [0.5, 0.6) is 0 Å². The van der Waals surface area contributed by atoms with Crippen LogP contribution in [0.2, 0.25) is 6.25 Å². The Labute approximate surface area is 168 Å². The van der Waals surface area contributed by atoms with Crippen LogP contribution in [0.1, 0.15) is 81.1 Å². The van der Waals surface area contributed by atoms with Crippen molar-refractivity contribution in [3.63, 3.8) is 0 Å². The molecule has 138 valence electrons. The second kappa shape index (κ2) is 7.46. The van der Waals surface area contributed by atoms with Crippen LogP contribution >= 0.6 is 0 Å². The van der Waals surface area contributed by atoms with Crippen molar-refractivity contribution in [2.24, 2.45) is 10.8 Å². The fourth-order valence-electron chi connectivity index (χ4n) is 4.17. The first-order valence-electron chi connectivity index (χ1n) is 10.2. The van der Waals surface area contributed by atoms with E-state index in [1.165, 1.54) is 25.7 Å². The number of hydrogen-bond acceptors (Lipinski definition) is 0. The molecule has 0 amide bonds. The van der Waals surface area contributed by atoms with Gasteiger partial charge in [0, 0.05) is 0 Å². The predicted octanol–water partition coefficient (Wildman–Crippen LogP) is 8.07. The van der Waals surface area contributed by atoms with Crippen LogP contribution < -0.4 is 0 Å². The summed E-state index contributed by atoms with van der Waals surface area (Å²) in [4.78, 5) is 0. The van der Waals surface area contributed by atoms with Crippen molar-refractivity contribution in [3.8, 4) is 0 Å². The zero-order valence-electron chi connectivity index (χ0n) is 17.8. The van der Waals surface area contributed by atoms with E-state index in [1.807, 2.05) is 0 Å². The molecule has 0 aromatic carbocycles. The molecule has 2 aliphatic rings. The summed E-state index contributed by atoms with van der Waals surface area (Å²) in [5.41, 5.74) is 3.87. The molecule has 0 nitrogen and oxygen atoms in total. The van der Waals surface area contributed by atoms with Gasteiger partial charge in [-0.1, -0.05) is 0 Å². The van der Waals surface area contributed by atoms with Gasteiger partial charge < -0.3 is 0 Å². The Balaban J connectivity index is 2.23. The van der Waals surface area contributed by atoms with Gasteiger partial charge in [0.15, 0.2) is 0 Å². The standard InChI is InChI=1S/2C12H19.Zr/c2*1-5-12(4,6-2)11-8-7-10(3)9-11;/h2*7-9H,5-6H2,1-4H3;. The van der Waals surface area contributed by atoms with Crippen molar-refractivity contribution in [1.29, 1.82) is 0 Å². The van der Waals surface area contributed by atoms with E-state index in [0.717, 1.165) is 0 Å². The molecule has 2 aliphatic carbocycles. The Hall–Kier alpha value is -0.157. The monoisotopic (exact) mass is 416 g/mol. The predicted molar refractivity (Wildman–Crippen MR) is 109 cm³/mol. The van der Waals surface area contributed by atoms with Crippen LogP contribution in [0.4, 0.5) is 0 Å². The van der Waals surface area contributed by atoms with Crippen LogP contribution in [0, 0.1) is 10.8 Å².